The van der Waals surface area contributed by atoms with Crippen LogP contribution in [0, 0.1) is 6.92 Å². The molecular weight excluding hydrogens is 278 g/mol. The number of aryl methyl sites for hydroxylation is 1. The Morgan fingerprint density at radius 2 is 1.95 bits per heavy atom. The van der Waals surface area contributed by atoms with Crippen LogP contribution < -0.4 is 10.1 Å². The predicted molar refractivity (Wildman–Crippen MR) is 86.7 cm³/mol. The van der Waals surface area contributed by atoms with Gasteiger partial charge in [0.25, 0.3) is 5.91 Å². The highest BCUT2D eigenvalue weighted by Gasteiger charge is 2.12. The molecule has 0 aliphatic rings. The number of ether oxygens (including phenoxy) is 1. The molecule has 0 spiro atoms. The maximum atomic E-state index is 12.3. The zero-order valence-electron chi connectivity index (χ0n) is 12.9. The van der Waals surface area contributed by atoms with Crippen LogP contribution in [-0.4, -0.2) is 18.3 Å². The Balaban J connectivity index is 2.30. The minimum Gasteiger partial charge on any atom is -0.489 e. The Bertz CT molecular complexity index is 692. The number of hydrogen-bond acceptors (Lipinski definition) is 3. The lowest BCUT2D eigenvalue weighted by atomic mass is 10.1. The van der Waals surface area contributed by atoms with Gasteiger partial charge < -0.3 is 10.1 Å². The molecule has 4 nitrogen and oxygen atoms in total. The third-order valence-electron chi connectivity index (χ3n) is 3.03. The molecule has 2 rings (SSSR count). The van der Waals surface area contributed by atoms with E-state index in [2.05, 4.69) is 5.32 Å². The van der Waals surface area contributed by atoms with Gasteiger partial charge in [0.15, 0.2) is 0 Å². The van der Waals surface area contributed by atoms with E-state index in [1.807, 2.05) is 39.0 Å². The van der Waals surface area contributed by atoms with Crippen molar-refractivity contribution in [1.82, 2.24) is 0 Å². The number of aldehydes is 1. The van der Waals surface area contributed by atoms with E-state index in [4.69, 9.17) is 4.74 Å². The number of rotatable bonds is 5. The smallest absolute Gasteiger partial charge is 0.255 e. The first-order valence-corrected chi connectivity index (χ1v) is 7.13. The largest absolute Gasteiger partial charge is 0.489 e. The first-order valence-electron chi connectivity index (χ1n) is 7.13. The summed E-state index contributed by atoms with van der Waals surface area (Å²) in [5.41, 5.74) is 2.54. The second kappa shape index (κ2) is 6.89. The van der Waals surface area contributed by atoms with Gasteiger partial charge in [-0.05, 0) is 51.1 Å². The molecule has 0 bridgehead atoms. The monoisotopic (exact) mass is 297 g/mol. The Morgan fingerprint density at radius 3 is 2.59 bits per heavy atom. The highest BCUT2D eigenvalue weighted by atomic mass is 16.5. The molecule has 1 N–H and O–H groups in total. The molecule has 1 amide bonds. The summed E-state index contributed by atoms with van der Waals surface area (Å²) in [7, 11) is 0. The fourth-order valence-electron chi connectivity index (χ4n) is 2.06. The molecule has 0 aromatic heterocycles. The topological polar surface area (TPSA) is 55.4 Å². The maximum absolute atomic E-state index is 12.3. The third-order valence-corrected chi connectivity index (χ3v) is 3.03. The van der Waals surface area contributed by atoms with Crippen LogP contribution >= 0.6 is 0 Å². The van der Waals surface area contributed by atoms with Crippen molar-refractivity contribution in [2.75, 3.05) is 5.32 Å². The quantitative estimate of drug-likeness (QED) is 0.853. The van der Waals surface area contributed by atoms with E-state index >= 15 is 0 Å². The summed E-state index contributed by atoms with van der Waals surface area (Å²) in [5.74, 6) is 0.307. The molecule has 0 atom stereocenters. The number of anilines is 1. The van der Waals surface area contributed by atoms with Crippen LogP contribution in [0.4, 0.5) is 5.69 Å². The van der Waals surface area contributed by atoms with Gasteiger partial charge in [-0.1, -0.05) is 17.7 Å². The highest BCUT2D eigenvalue weighted by Crippen LogP contribution is 2.27. The van der Waals surface area contributed by atoms with Gasteiger partial charge >= 0.3 is 0 Å². The van der Waals surface area contributed by atoms with Crippen molar-refractivity contribution in [3.8, 4) is 5.75 Å². The van der Waals surface area contributed by atoms with E-state index in [0.717, 1.165) is 11.8 Å². The van der Waals surface area contributed by atoms with Crippen molar-refractivity contribution in [2.24, 2.45) is 0 Å². The summed E-state index contributed by atoms with van der Waals surface area (Å²) in [5, 5.41) is 2.81. The normalized spacial score (nSPS) is 10.4. The molecule has 0 aliphatic carbocycles. The minimum absolute atomic E-state index is 0.0308. The molecule has 114 valence electrons. The summed E-state index contributed by atoms with van der Waals surface area (Å²) in [6.45, 7) is 5.73. The number of carbonyl (C=O) groups excluding carboxylic acids is 2. The van der Waals surface area contributed by atoms with Gasteiger partial charge in [0, 0.05) is 11.1 Å². The lowest BCUT2D eigenvalue weighted by molar-refractivity contribution is 0.102. The number of hydrogen-bond donors (Lipinski definition) is 1. The molecule has 2 aromatic carbocycles. The highest BCUT2D eigenvalue weighted by molar-refractivity contribution is 6.05. The van der Waals surface area contributed by atoms with Crippen LogP contribution in [0.3, 0.4) is 0 Å². The Labute approximate surface area is 130 Å². The molecule has 4 heteroatoms. The van der Waals surface area contributed by atoms with Gasteiger partial charge in [-0.15, -0.1) is 0 Å². The molecule has 0 saturated heterocycles. The molecule has 22 heavy (non-hydrogen) atoms. The van der Waals surface area contributed by atoms with Gasteiger partial charge in [0.2, 0.25) is 0 Å². The maximum Gasteiger partial charge on any atom is 0.255 e. The average molecular weight is 297 g/mol. The van der Waals surface area contributed by atoms with E-state index in [-0.39, 0.29) is 12.0 Å². The first-order chi connectivity index (χ1) is 10.5. The van der Waals surface area contributed by atoms with E-state index in [1.54, 1.807) is 24.3 Å². The molecule has 0 aliphatic heterocycles. The summed E-state index contributed by atoms with van der Waals surface area (Å²) in [4.78, 5) is 23.3. The number of benzene rings is 2. The van der Waals surface area contributed by atoms with Gasteiger partial charge in [-0.2, -0.15) is 0 Å². The van der Waals surface area contributed by atoms with Crippen LogP contribution in [-0.2, 0) is 0 Å². The second-order valence-corrected chi connectivity index (χ2v) is 5.36. The Hall–Kier alpha value is -2.62. The Morgan fingerprint density at radius 1 is 1.18 bits per heavy atom. The molecule has 2 aromatic rings. The lowest BCUT2D eigenvalue weighted by Crippen LogP contribution is -2.15. The van der Waals surface area contributed by atoms with Gasteiger partial charge in [0.1, 0.15) is 12.0 Å². The van der Waals surface area contributed by atoms with Crippen molar-refractivity contribution in [1.29, 1.82) is 0 Å². The van der Waals surface area contributed by atoms with Crippen LogP contribution in [0.5, 0.6) is 5.75 Å². The van der Waals surface area contributed by atoms with Crippen molar-refractivity contribution in [3.63, 3.8) is 0 Å². The summed E-state index contributed by atoms with van der Waals surface area (Å²) in [6, 6.07) is 12.3. The van der Waals surface area contributed by atoms with Crippen LogP contribution in [0.15, 0.2) is 42.5 Å². The molecule has 0 heterocycles. The SMILES string of the molecule is Cc1cccc(C(=O)Nc2cc(C=O)ccc2OC(C)C)c1. The van der Waals surface area contributed by atoms with Gasteiger partial charge in [-0.3, -0.25) is 9.59 Å². The zero-order chi connectivity index (χ0) is 16.1. The van der Waals surface area contributed by atoms with Crippen molar-refractivity contribution in [3.05, 3.63) is 59.2 Å². The van der Waals surface area contributed by atoms with Crippen molar-refractivity contribution >= 4 is 17.9 Å². The van der Waals surface area contributed by atoms with Gasteiger partial charge in [-0.25, -0.2) is 0 Å². The average Bonchev–Trinajstić information content (AvgIpc) is 2.48. The standard InChI is InChI=1S/C18H19NO3/c1-12(2)22-17-8-7-14(11-20)10-16(17)19-18(21)15-6-4-5-13(3)9-15/h4-12H,1-3H3,(H,19,21). The number of amides is 1. The van der Waals surface area contributed by atoms with E-state index in [0.29, 0.717) is 22.6 Å². The fourth-order valence-corrected chi connectivity index (χ4v) is 2.06. The van der Waals surface area contributed by atoms with Crippen molar-refractivity contribution in [2.45, 2.75) is 26.9 Å². The molecule has 0 radical (unpaired) electrons. The van der Waals surface area contributed by atoms with Crippen LogP contribution in [0.2, 0.25) is 0 Å². The Kier molecular flexibility index (Phi) is 4.94. The molecule has 0 fully saturated rings. The first kappa shape index (κ1) is 15.8. The second-order valence-electron chi connectivity index (χ2n) is 5.36. The minimum atomic E-state index is -0.236. The van der Waals surface area contributed by atoms with Gasteiger partial charge in [0.05, 0.1) is 11.8 Å². The summed E-state index contributed by atoms with van der Waals surface area (Å²) in [6.07, 6.45) is 0.707. The predicted octanol–water partition coefficient (Wildman–Crippen LogP) is 3.85. The summed E-state index contributed by atoms with van der Waals surface area (Å²) >= 11 is 0. The third kappa shape index (κ3) is 3.95. The molecule has 0 saturated carbocycles. The molecular formula is C18H19NO3. The zero-order valence-corrected chi connectivity index (χ0v) is 12.9. The van der Waals surface area contributed by atoms with E-state index in [1.165, 1.54) is 0 Å². The van der Waals surface area contributed by atoms with Crippen LogP contribution in [0.25, 0.3) is 0 Å². The fraction of sp³-hybridized carbons (Fsp3) is 0.222. The number of carbonyl (C=O) groups is 2. The summed E-state index contributed by atoms with van der Waals surface area (Å²) < 4.78 is 5.67. The lowest BCUT2D eigenvalue weighted by Gasteiger charge is -2.15. The van der Waals surface area contributed by atoms with E-state index < -0.39 is 0 Å². The molecule has 0 unspecified atom stereocenters. The van der Waals surface area contributed by atoms with E-state index in [9.17, 15) is 9.59 Å². The van der Waals surface area contributed by atoms with Crippen molar-refractivity contribution < 1.29 is 14.3 Å². The van der Waals surface area contributed by atoms with Crippen LogP contribution in [0.1, 0.15) is 40.1 Å². The number of nitrogens with one attached hydrogen (secondary N) is 1.